The summed E-state index contributed by atoms with van der Waals surface area (Å²) in [4.78, 5) is 0. The molecular weight excluding hydrogens is 196 g/mol. The van der Waals surface area contributed by atoms with Gasteiger partial charge >= 0.3 is 0 Å². The average Bonchev–Trinajstić information content (AvgIpc) is 2.39. The molecule has 0 bridgehead atoms. The lowest BCUT2D eigenvalue weighted by molar-refractivity contribution is 0.431. The Hall–Kier alpha value is -1.38. The van der Waals surface area contributed by atoms with Gasteiger partial charge in [-0.05, 0) is 17.9 Å². The van der Waals surface area contributed by atoms with Crippen molar-refractivity contribution in [1.29, 1.82) is 0 Å². The van der Waals surface area contributed by atoms with Gasteiger partial charge in [0.2, 0.25) is 0 Å². The van der Waals surface area contributed by atoms with Crippen LogP contribution >= 0.6 is 0 Å². The smallest absolute Gasteiger partial charge is 0.0454 e. The Morgan fingerprint density at radius 1 is 1.06 bits per heavy atom. The summed E-state index contributed by atoms with van der Waals surface area (Å²) in [5, 5.41) is 0. The van der Waals surface area contributed by atoms with Crippen LogP contribution in [0.3, 0.4) is 0 Å². The van der Waals surface area contributed by atoms with E-state index >= 15 is 0 Å². The minimum absolute atomic E-state index is 0.0244. The molecule has 0 spiro atoms. The lowest BCUT2D eigenvalue weighted by Gasteiger charge is -2.27. The predicted octanol–water partition coefficient (Wildman–Crippen LogP) is 2.15. The molecule has 0 aromatic heterocycles. The molecule has 1 aliphatic carbocycles. The Bertz CT molecular complexity index is 381. The Morgan fingerprint density at radius 2 is 1.81 bits per heavy atom. The lowest BCUT2D eigenvalue weighted by atomic mass is 9.86. The maximum atomic E-state index is 6.21. The van der Waals surface area contributed by atoms with Crippen LogP contribution in [0.4, 0.5) is 0 Å². The Labute approximate surface area is 96.6 Å². The highest BCUT2D eigenvalue weighted by atomic mass is 14.8. The van der Waals surface area contributed by atoms with Crippen LogP contribution < -0.4 is 11.5 Å². The van der Waals surface area contributed by atoms with Crippen LogP contribution in [0.5, 0.6) is 0 Å². The summed E-state index contributed by atoms with van der Waals surface area (Å²) in [6, 6.07) is 9.94. The van der Waals surface area contributed by atoms with Crippen molar-refractivity contribution in [3.8, 4) is 0 Å². The van der Waals surface area contributed by atoms with Crippen molar-refractivity contribution in [1.82, 2.24) is 0 Å². The number of benzene rings is 1. The Kier molecular flexibility index (Phi) is 3.54. The Morgan fingerprint density at radius 3 is 2.44 bits per heavy atom. The van der Waals surface area contributed by atoms with E-state index in [1.54, 1.807) is 0 Å². The first-order valence-corrected chi connectivity index (χ1v) is 5.68. The van der Waals surface area contributed by atoms with Gasteiger partial charge in [-0.3, -0.25) is 0 Å². The second-order valence-corrected chi connectivity index (χ2v) is 4.23. The number of nitrogens with two attached hydrogens (primary N) is 2. The van der Waals surface area contributed by atoms with Crippen LogP contribution in [0.25, 0.3) is 0 Å². The molecule has 0 saturated heterocycles. The summed E-state index contributed by atoms with van der Waals surface area (Å²) in [5.41, 5.74) is 13.5. The van der Waals surface area contributed by atoms with E-state index in [2.05, 4.69) is 18.2 Å². The molecule has 84 valence electrons. The van der Waals surface area contributed by atoms with Crippen LogP contribution in [0, 0.1) is 5.92 Å². The van der Waals surface area contributed by atoms with Gasteiger partial charge in [-0.25, -0.2) is 0 Å². The number of hydrogen-bond acceptors (Lipinski definition) is 2. The molecule has 1 aromatic rings. The number of rotatable bonds is 3. The van der Waals surface area contributed by atoms with Gasteiger partial charge in [0.05, 0.1) is 0 Å². The normalized spacial score (nSPS) is 23.0. The van der Waals surface area contributed by atoms with Gasteiger partial charge < -0.3 is 11.5 Å². The molecule has 1 unspecified atom stereocenters. The highest BCUT2D eigenvalue weighted by Gasteiger charge is 2.22. The quantitative estimate of drug-likeness (QED) is 0.810. The zero-order valence-electron chi connectivity index (χ0n) is 9.29. The summed E-state index contributed by atoms with van der Waals surface area (Å²) < 4.78 is 0. The first-order chi connectivity index (χ1) is 7.79. The third-order valence-corrected chi connectivity index (χ3v) is 3.11. The summed E-state index contributed by atoms with van der Waals surface area (Å²) >= 11 is 0. The molecule has 0 saturated carbocycles. The van der Waals surface area contributed by atoms with E-state index in [1.807, 2.05) is 36.4 Å². The van der Waals surface area contributed by atoms with E-state index < -0.39 is 0 Å². The van der Waals surface area contributed by atoms with Gasteiger partial charge in [-0.1, -0.05) is 54.6 Å². The molecule has 0 heterocycles. The standard InChI is InChI=1S/C14H18N2/c15-13(11-7-3-1-4-8-11)14(16)12-9-5-2-6-10-12/h1-9,12-14H,10,15-16H2/t12?,13-,14-/m1/s1. The molecule has 1 aliphatic rings. The van der Waals surface area contributed by atoms with Gasteiger partial charge in [0.25, 0.3) is 0 Å². The fourth-order valence-corrected chi connectivity index (χ4v) is 2.05. The summed E-state index contributed by atoms with van der Waals surface area (Å²) in [7, 11) is 0. The first kappa shape index (κ1) is 11.1. The van der Waals surface area contributed by atoms with Gasteiger partial charge in [0.15, 0.2) is 0 Å². The molecule has 3 atom stereocenters. The van der Waals surface area contributed by atoms with Crippen LogP contribution in [-0.2, 0) is 0 Å². The third-order valence-electron chi connectivity index (χ3n) is 3.11. The van der Waals surface area contributed by atoms with Gasteiger partial charge in [-0.2, -0.15) is 0 Å². The van der Waals surface area contributed by atoms with E-state index in [1.165, 1.54) is 0 Å². The monoisotopic (exact) mass is 214 g/mol. The maximum absolute atomic E-state index is 6.21. The van der Waals surface area contributed by atoms with Crippen LogP contribution in [0.1, 0.15) is 18.0 Å². The molecule has 1 aromatic carbocycles. The van der Waals surface area contributed by atoms with Crippen LogP contribution in [0.2, 0.25) is 0 Å². The highest BCUT2D eigenvalue weighted by Crippen LogP contribution is 2.23. The SMILES string of the molecule is N[C@H](c1ccccc1)[C@H](N)C1C=CC=CC1. The maximum Gasteiger partial charge on any atom is 0.0454 e. The lowest BCUT2D eigenvalue weighted by Crippen LogP contribution is -2.39. The van der Waals surface area contributed by atoms with Gasteiger partial charge in [-0.15, -0.1) is 0 Å². The molecular formula is C14H18N2. The summed E-state index contributed by atoms with van der Waals surface area (Å²) in [6.07, 6.45) is 9.37. The molecule has 2 rings (SSSR count). The van der Waals surface area contributed by atoms with E-state index in [9.17, 15) is 0 Å². The van der Waals surface area contributed by atoms with E-state index in [0.29, 0.717) is 5.92 Å². The number of hydrogen-bond donors (Lipinski definition) is 2. The average molecular weight is 214 g/mol. The topological polar surface area (TPSA) is 52.0 Å². The molecule has 0 radical (unpaired) electrons. The zero-order chi connectivity index (χ0) is 11.4. The molecule has 4 N–H and O–H groups in total. The zero-order valence-corrected chi connectivity index (χ0v) is 9.29. The second-order valence-electron chi connectivity index (χ2n) is 4.23. The minimum atomic E-state index is -0.0950. The first-order valence-electron chi connectivity index (χ1n) is 5.68. The van der Waals surface area contributed by atoms with Crippen molar-refractivity contribution in [2.45, 2.75) is 18.5 Å². The summed E-state index contributed by atoms with van der Waals surface area (Å²) in [5.74, 6) is 0.347. The van der Waals surface area contributed by atoms with E-state index in [4.69, 9.17) is 11.5 Å². The molecule has 2 nitrogen and oxygen atoms in total. The highest BCUT2D eigenvalue weighted by molar-refractivity contribution is 5.22. The van der Waals surface area contributed by atoms with E-state index in [0.717, 1.165) is 12.0 Å². The molecule has 0 amide bonds. The van der Waals surface area contributed by atoms with Crippen molar-refractivity contribution < 1.29 is 0 Å². The van der Waals surface area contributed by atoms with Crippen molar-refractivity contribution in [2.24, 2.45) is 17.4 Å². The second kappa shape index (κ2) is 5.10. The molecule has 16 heavy (non-hydrogen) atoms. The molecule has 0 fully saturated rings. The predicted molar refractivity (Wildman–Crippen MR) is 67.7 cm³/mol. The van der Waals surface area contributed by atoms with Crippen LogP contribution in [0.15, 0.2) is 54.6 Å². The molecule has 0 aliphatic heterocycles. The number of allylic oxidation sites excluding steroid dienone is 3. The van der Waals surface area contributed by atoms with Crippen molar-refractivity contribution in [3.63, 3.8) is 0 Å². The fourth-order valence-electron chi connectivity index (χ4n) is 2.05. The van der Waals surface area contributed by atoms with Crippen molar-refractivity contribution in [3.05, 3.63) is 60.2 Å². The fraction of sp³-hybridized carbons (Fsp3) is 0.286. The van der Waals surface area contributed by atoms with Crippen molar-refractivity contribution >= 4 is 0 Å². The molecule has 2 heteroatoms. The Balaban J connectivity index is 2.07. The minimum Gasteiger partial charge on any atom is -0.326 e. The van der Waals surface area contributed by atoms with E-state index in [-0.39, 0.29) is 12.1 Å². The van der Waals surface area contributed by atoms with Gasteiger partial charge in [0.1, 0.15) is 0 Å². The van der Waals surface area contributed by atoms with Gasteiger partial charge in [0, 0.05) is 12.1 Å². The van der Waals surface area contributed by atoms with Crippen LogP contribution in [-0.4, -0.2) is 6.04 Å². The summed E-state index contributed by atoms with van der Waals surface area (Å²) in [6.45, 7) is 0. The van der Waals surface area contributed by atoms with Crippen molar-refractivity contribution in [2.75, 3.05) is 0 Å². The largest absolute Gasteiger partial charge is 0.326 e. The third kappa shape index (κ3) is 2.40.